The fourth-order valence-corrected chi connectivity index (χ4v) is 3.77. The maximum Gasteiger partial charge on any atom is 0.278 e. The summed E-state index contributed by atoms with van der Waals surface area (Å²) in [6.07, 6.45) is 5.07. The molecule has 0 atom stereocenters. The Hall–Kier alpha value is -3.94. The number of hydrogen-bond acceptors (Lipinski definition) is 5. The molecule has 0 fully saturated rings. The number of aryl methyl sites for hydroxylation is 1. The summed E-state index contributed by atoms with van der Waals surface area (Å²) in [7, 11) is 0. The molecule has 8 heteroatoms. The van der Waals surface area contributed by atoms with Gasteiger partial charge in [0.25, 0.3) is 5.91 Å². The minimum Gasteiger partial charge on any atom is -0.464 e. The zero-order valence-corrected chi connectivity index (χ0v) is 19.6. The van der Waals surface area contributed by atoms with Gasteiger partial charge in [-0.1, -0.05) is 6.07 Å². The van der Waals surface area contributed by atoms with Crippen LogP contribution in [0.2, 0.25) is 0 Å². The third-order valence-corrected chi connectivity index (χ3v) is 5.61. The van der Waals surface area contributed by atoms with Crippen LogP contribution < -0.4 is 9.80 Å². The summed E-state index contributed by atoms with van der Waals surface area (Å²) in [5, 5.41) is 0. The van der Waals surface area contributed by atoms with Crippen molar-refractivity contribution >= 4 is 17.4 Å². The monoisotopic (exact) mass is 461 g/mol. The first-order chi connectivity index (χ1) is 16.5. The molecule has 0 aliphatic carbocycles. The highest BCUT2D eigenvalue weighted by Crippen LogP contribution is 2.21. The van der Waals surface area contributed by atoms with Crippen LogP contribution in [0.1, 0.15) is 41.4 Å². The second-order valence-corrected chi connectivity index (χ2v) is 8.01. The van der Waals surface area contributed by atoms with Crippen LogP contribution in [0, 0.1) is 12.7 Å². The Kier molecular flexibility index (Phi) is 7.06. The average Bonchev–Trinajstić information content (AvgIpc) is 3.48. The first-order valence-electron chi connectivity index (χ1n) is 11.3. The Bertz CT molecular complexity index is 1230. The van der Waals surface area contributed by atoms with Gasteiger partial charge in [-0.25, -0.2) is 14.4 Å². The lowest BCUT2D eigenvalue weighted by molar-refractivity contribution is 0.0980. The Morgan fingerprint density at radius 1 is 1.03 bits per heavy atom. The SMILES string of the molecule is CCN(CC)c1ccc(CN(C(=O)c2cn(Cc3ccc(C)o3)cn2)c2ccc(F)cc2)cn1. The van der Waals surface area contributed by atoms with Gasteiger partial charge in [0.2, 0.25) is 0 Å². The second kappa shape index (κ2) is 10.3. The standard InChI is InChI=1S/C26H28FN5O2/c1-4-31(5-2)25-13-7-20(14-28-25)15-32(22-10-8-21(27)9-11-22)26(33)24-17-30(18-29-24)16-23-12-6-19(3)34-23/h6-14,17-18H,4-5,15-16H2,1-3H3. The summed E-state index contributed by atoms with van der Waals surface area (Å²) in [4.78, 5) is 26.1. The van der Waals surface area contributed by atoms with Gasteiger partial charge in [-0.3, -0.25) is 4.79 Å². The van der Waals surface area contributed by atoms with Gasteiger partial charge < -0.3 is 18.8 Å². The molecule has 0 saturated heterocycles. The van der Waals surface area contributed by atoms with Crippen LogP contribution in [0.25, 0.3) is 0 Å². The number of benzene rings is 1. The van der Waals surface area contributed by atoms with Crippen LogP contribution in [0.3, 0.4) is 0 Å². The van der Waals surface area contributed by atoms with Gasteiger partial charge in [-0.15, -0.1) is 0 Å². The first kappa shape index (κ1) is 23.2. The van der Waals surface area contributed by atoms with E-state index in [1.165, 1.54) is 12.1 Å². The molecule has 34 heavy (non-hydrogen) atoms. The van der Waals surface area contributed by atoms with Gasteiger partial charge >= 0.3 is 0 Å². The van der Waals surface area contributed by atoms with Gasteiger partial charge in [-0.2, -0.15) is 0 Å². The molecule has 7 nitrogen and oxygen atoms in total. The average molecular weight is 462 g/mol. The molecular weight excluding hydrogens is 433 g/mol. The van der Waals surface area contributed by atoms with E-state index in [0.29, 0.717) is 17.9 Å². The summed E-state index contributed by atoms with van der Waals surface area (Å²) in [6, 6.07) is 13.6. The number of imidazole rings is 1. The van der Waals surface area contributed by atoms with E-state index in [0.717, 1.165) is 36.0 Å². The largest absolute Gasteiger partial charge is 0.464 e. The number of pyridine rings is 1. The number of amides is 1. The van der Waals surface area contributed by atoms with Gasteiger partial charge in [0.1, 0.15) is 28.8 Å². The van der Waals surface area contributed by atoms with E-state index >= 15 is 0 Å². The van der Waals surface area contributed by atoms with Crippen molar-refractivity contribution in [3.05, 3.63) is 95.8 Å². The lowest BCUT2D eigenvalue weighted by atomic mass is 10.2. The fourth-order valence-electron chi connectivity index (χ4n) is 3.77. The predicted molar refractivity (Wildman–Crippen MR) is 129 cm³/mol. The molecule has 176 valence electrons. The maximum absolute atomic E-state index is 13.6. The number of carbonyl (C=O) groups excluding carboxylic acids is 1. The second-order valence-electron chi connectivity index (χ2n) is 8.01. The van der Waals surface area contributed by atoms with Crippen LogP contribution in [0.15, 0.2) is 71.7 Å². The minimum absolute atomic E-state index is 0.278. The van der Waals surface area contributed by atoms with Crippen LogP contribution in [-0.2, 0) is 13.1 Å². The molecule has 0 bridgehead atoms. The number of furan rings is 1. The van der Waals surface area contributed by atoms with Gasteiger partial charge in [0.05, 0.1) is 19.4 Å². The van der Waals surface area contributed by atoms with Gasteiger partial charge in [0, 0.05) is 31.2 Å². The van der Waals surface area contributed by atoms with Gasteiger partial charge in [-0.05, 0) is 68.8 Å². The third-order valence-electron chi connectivity index (χ3n) is 5.61. The molecule has 0 aliphatic heterocycles. The predicted octanol–water partition coefficient (Wildman–Crippen LogP) is 5.06. The van der Waals surface area contributed by atoms with Crippen LogP contribution in [0.5, 0.6) is 0 Å². The Morgan fingerprint density at radius 3 is 2.41 bits per heavy atom. The van der Waals surface area contributed by atoms with E-state index < -0.39 is 0 Å². The Morgan fingerprint density at radius 2 is 1.79 bits per heavy atom. The summed E-state index contributed by atoms with van der Waals surface area (Å²) < 4.78 is 21.0. The lowest BCUT2D eigenvalue weighted by Gasteiger charge is -2.23. The van der Waals surface area contributed by atoms with Crippen LogP contribution in [0.4, 0.5) is 15.9 Å². The number of nitrogens with zero attached hydrogens (tertiary/aromatic N) is 5. The molecule has 0 N–H and O–H groups in total. The number of carbonyl (C=O) groups is 1. The van der Waals surface area contributed by atoms with Crippen molar-refractivity contribution < 1.29 is 13.6 Å². The molecule has 1 amide bonds. The van der Waals surface area contributed by atoms with E-state index in [1.807, 2.05) is 31.2 Å². The molecule has 0 spiro atoms. The molecule has 3 heterocycles. The van der Waals surface area contributed by atoms with Crippen molar-refractivity contribution in [2.24, 2.45) is 0 Å². The first-order valence-corrected chi connectivity index (χ1v) is 11.3. The summed E-state index contributed by atoms with van der Waals surface area (Å²) in [6.45, 7) is 8.53. The van der Waals surface area contributed by atoms with Crippen LogP contribution in [-0.4, -0.2) is 33.5 Å². The molecule has 0 unspecified atom stereocenters. The maximum atomic E-state index is 13.6. The molecule has 0 aliphatic rings. The zero-order chi connectivity index (χ0) is 24.1. The third kappa shape index (κ3) is 5.33. The number of rotatable bonds is 9. The number of halogens is 1. The Labute approximate surface area is 198 Å². The van der Waals surface area contributed by atoms with E-state index in [1.54, 1.807) is 40.3 Å². The summed E-state index contributed by atoms with van der Waals surface area (Å²) in [5.41, 5.74) is 1.73. The normalized spacial score (nSPS) is 10.9. The van der Waals surface area contributed by atoms with Crippen molar-refractivity contribution in [3.63, 3.8) is 0 Å². The Balaban J connectivity index is 1.57. The summed E-state index contributed by atoms with van der Waals surface area (Å²) >= 11 is 0. The van der Waals surface area contributed by atoms with Crippen molar-refractivity contribution in [3.8, 4) is 0 Å². The van der Waals surface area contributed by atoms with Crippen molar-refractivity contribution in [2.45, 2.75) is 33.9 Å². The zero-order valence-electron chi connectivity index (χ0n) is 19.6. The number of aromatic nitrogens is 3. The van der Waals surface area contributed by atoms with Gasteiger partial charge in [0.15, 0.2) is 0 Å². The van der Waals surface area contributed by atoms with E-state index in [9.17, 15) is 9.18 Å². The quantitative estimate of drug-likeness (QED) is 0.349. The van der Waals surface area contributed by atoms with E-state index in [4.69, 9.17) is 4.42 Å². The molecule has 4 aromatic rings. The number of hydrogen-bond donors (Lipinski definition) is 0. The highest BCUT2D eigenvalue weighted by atomic mass is 19.1. The summed E-state index contributed by atoms with van der Waals surface area (Å²) in [5.74, 6) is 1.85. The molecule has 4 rings (SSSR count). The number of anilines is 2. The molecule has 0 radical (unpaired) electrons. The lowest BCUT2D eigenvalue weighted by Crippen LogP contribution is -2.31. The molecule has 0 saturated carbocycles. The highest BCUT2D eigenvalue weighted by Gasteiger charge is 2.21. The van der Waals surface area contributed by atoms with Crippen molar-refractivity contribution in [2.75, 3.05) is 22.9 Å². The molecule has 3 aromatic heterocycles. The topological polar surface area (TPSA) is 67.4 Å². The molecular formula is C26H28FN5O2. The van der Waals surface area contributed by atoms with E-state index in [-0.39, 0.29) is 18.3 Å². The smallest absolute Gasteiger partial charge is 0.278 e. The van der Waals surface area contributed by atoms with Crippen LogP contribution >= 0.6 is 0 Å². The van der Waals surface area contributed by atoms with E-state index in [2.05, 4.69) is 28.7 Å². The minimum atomic E-state index is -0.362. The molecule has 1 aromatic carbocycles. The van der Waals surface area contributed by atoms with Crippen molar-refractivity contribution in [1.29, 1.82) is 0 Å². The highest BCUT2D eigenvalue weighted by molar-refractivity contribution is 6.04. The fraction of sp³-hybridized carbons (Fsp3) is 0.269. The van der Waals surface area contributed by atoms with Crippen molar-refractivity contribution in [1.82, 2.24) is 14.5 Å².